The fourth-order valence-corrected chi connectivity index (χ4v) is 2.67. The van der Waals surface area contributed by atoms with Crippen LogP contribution in [0, 0.1) is 0 Å². The standard InChI is InChI=1S/C12H12N2O2S/c13-17(15,16)11-3-1-2-9-6-7-10(8-4-5-8)14-12(9)11/h1-3,6-8H,4-5H2,(H2,13,15,16). The molecular weight excluding hydrogens is 236 g/mol. The number of hydrogen-bond acceptors (Lipinski definition) is 3. The summed E-state index contributed by atoms with van der Waals surface area (Å²) < 4.78 is 23.0. The average molecular weight is 248 g/mol. The predicted octanol–water partition coefficient (Wildman–Crippen LogP) is 1.76. The topological polar surface area (TPSA) is 73.1 Å². The first-order valence-corrected chi connectivity index (χ1v) is 7.03. The van der Waals surface area contributed by atoms with Gasteiger partial charge in [0.05, 0.1) is 5.52 Å². The fraction of sp³-hybridized carbons (Fsp3) is 0.250. The fourth-order valence-electron chi connectivity index (χ4n) is 1.97. The van der Waals surface area contributed by atoms with E-state index in [1.165, 1.54) is 6.07 Å². The first-order valence-electron chi connectivity index (χ1n) is 5.48. The summed E-state index contributed by atoms with van der Waals surface area (Å²) in [7, 11) is -3.71. The van der Waals surface area contributed by atoms with Crippen LogP contribution in [-0.4, -0.2) is 13.4 Å². The Morgan fingerprint density at radius 3 is 2.59 bits per heavy atom. The molecule has 2 N–H and O–H groups in total. The summed E-state index contributed by atoms with van der Waals surface area (Å²) in [6.45, 7) is 0. The van der Waals surface area contributed by atoms with Crippen LogP contribution in [0.3, 0.4) is 0 Å². The average Bonchev–Trinajstić information content (AvgIpc) is 3.10. The van der Waals surface area contributed by atoms with Crippen molar-refractivity contribution in [2.24, 2.45) is 5.14 Å². The van der Waals surface area contributed by atoms with Crippen LogP contribution in [0.25, 0.3) is 10.9 Å². The maximum absolute atomic E-state index is 11.5. The number of nitrogens with two attached hydrogens (primary N) is 1. The molecule has 0 amide bonds. The summed E-state index contributed by atoms with van der Waals surface area (Å²) in [5.41, 5.74) is 1.45. The number of para-hydroxylation sites is 1. The molecule has 1 aliphatic carbocycles. The highest BCUT2D eigenvalue weighted by Gasteiger charge is 2.25. The molecule has 0 radical (unpaired) electrons. The van der Waals surface area contributed by atoms with Gasteiger partial charge in [-0.1, -0.05) is 18.2 Å². The van der Waals surface area contributed by atoms with E-state index in [-0.39, 0.29) is 4.90 Å². The van der Waals surface area contributed by atoms with Gasteiger partial charge in [-0.3, -0.25) is 4.98 Å². The summed E-state index contributed by atoms with van der Waals surface area (Å²) in [4.78, 5) is 4.55. The largest absolute Gasteiger partial charge is 0.251 e. The Balaban J connectivity index is 2.31. The Bertz CT molecular complexity index is 691. The highest BCUT2D eigenvalue weighted by Crippen LogP contribution is 2.39. The molecule has 2 aromatic rings. The maximum Gasteiger partial charge on any atom is 0.240 e. The molecule has 88 valence electrons. The van der Waals surface area contributed by atoms with Crippen molar-refractivity contribution in [3.8, 4) is 0 Å². The molecule has 1 aromatic heterocycles. The van der Waals surface area contributed by atoms with E-state index in [1.54, 1.807) is 6.07 Å². The molecule has 3 rings (SSSR count). The second-order valence-corrected chi connectivity index (χ2v) is 5.91. The lowest BCUT2D eigenvalue weighted by molar-refractivity contribution is 0.598. The number of aromatic nitrogens is 1. The van der Waals surface area contributed by atoms with E-state index in [2.05, 4.69) is 4.98 Å². The Morgan fingerprint density at radius 2 is 1.94 bits per heavy atom. The lowest BCUT2D eigenvalue weighted by Crippen LogP contribution is -2.13. The van der Waals surface area contributed by atoms with Gasteiger partial charge in [0.25, 0.3) is 0 Å². The second kappa shape index (κ2) is 3.51. The molecular formula is C12H12N2O2S. The zero-order valence-electron chi connectivity index (χ0n) is 9.13. The second-order valence-electron chi connectivity index (χ2n) is 4.38. The summed E-state index contributed by atoms with van der Waals surface area (Å²) in [6, 6.07) is 8.90. The molecule has 0 atom stereocenters. The zero-order valence-corrected chi connectivity index (χ0v) is 9.94. The zero-order chi connectivity index (χ0) is 12.0. The summed E-state index contributed by atoms with van der Waals surface area (Å²) in [6.07, 6.45) is 2.27. The van der Waals surface area contributed by atoms with Gasteiger partial charge < -0.3 is 0 Å². The normalized spacial score (nSPS) is 16.3. The van der Waals surface area contributed by atoms with Crippen molar-refractivity contribution in [2.45, 2.75) is 23.7 Å². The number of primary sulfonamides is 1. The van der Waals surface area contributed by atoms with Crippen molar-refractivity contribution >= 4 is 20.9 Å². The maximum atomic E-state index is 11.5. The third-order valence-corrected chi connectivity index (χ3v) is 3.95. The van der Waals surface area contributed by atoms with Crippen LogP contribution in [0.15, 0.2) is 35.2 Å². The van der Waals surface area contributed by atoms with Gasteiger partial charge in [0.1, 0.15) is 4.90 Å². The number of fused-ring (bicyclic) bond motifs is 1. The summed E-state index contributed by atoms with van der Waals surface area (Å²) in [5, 5.41) is 6.00. The molecule has 17 heavy (non-hydrogen) atoms. The molecule has 1 heterocycles. The molecule has 1 aromatic carbocycles. The van der Waals surface area contributed by atoms with Gasteiger partial charge in [0.2, 0.25) is 10.0 Å². The number of hydrogen-bond donors (Lipinski definition) is 1. The third-order valence-electron chi connectivity index (χ3n) is 3.01. The van der Waals surface area contributed by atoms with Crippen molar-refractivity contribution in [3.05, 3.63) is 36.0 Å². The van der Waals surface area contributed by atoms with Gasteiger partial charge in [-0.2, -0.15) is 0 Å². The van der Waals surface area contributed by atoms with E-state index >= 15 is 0 Å². The van der Waals surface area contributed by atoms with Crippen LogP contribution >= 0.6 is 0 Å². The van der Waals surface area contributed by atoms with Crippen LogP contribution in [0.5, 0.6) is 0 Å². The van der Waals surface area contributed by atoms with Crippen LogP contribution in [0.4, 0.5) is 0 Å². The number of pyridine rings is 1. The quantitative estimate of drug-likeness (QED) is 0.880. The minimum absolute atomic E-state index is 0.109. The van der Waals surface area contributed by atoms with E-state index in [0.29, 0.717) is 11.4 Å². The van der Waals surface area contributed by atoms with E-state index in [4.69, 9.17) is 5.14 Å². The van der Waals surface area contributed by atoms with Crippen LogP contribution in [-0.2, 0) is 10.0 Å². The minimum Gasteiger partial charge on any atom is -0.251 e. The molecule has 1 aliphatic rings. The number of benzene rings is 1. The van der Waals surface area contributed by atoms with Gasteiger partial charge in [-0.15, -0.1) is 0 Å². The van der Waals surface area contributed by atoms with Gasteiger partial charge in [-0.25, -0.2) is 13.6 Å². The SMILES string of the molecule is NS(=O)(=O)c1cccc2ccc(C3CC3)nc12. The molecule has 0 spiro atoms. The Hall–Kier alpha value is -1.46. The smallest absolute Gasteiger partial charge is 0.240 e. The first-order chi connectivity index (χ1) is 8.05. The van der Waals surface area contributed by atoms with Gasteiger partial charge in [-0.05, 0) is 25.0 Å². The highest BCUT2D eigenvalue weighted by atomic mass is 32.2. The number of nitrogens with zero attached hydrogens (tertiary/aromatic N) is 1. The van der Waals surface area contributed by atoms with Crippen LogP contribution in [0.1, 0.15) is 24.5 Å². The van der Waals surface area contributed by atoms with Crippen LogP contribution < -0.4 is 5.14 Å². The monoisotopic (exact) mass is 248 g/mol. The van der Waals surface area contributed by atoms with E-state index in [9.17, 15) is 8.42 Å². The molecule has 0 saturated heterocycles. The molecule has 5 heteroatoms. The van der Waals surface area contributed by atoms with Gasteiger partial charge in [0.15, 0.2) is 0 Å². The number of sulfonamides is 1. The van der Waals surface area contributed by atoms with Crippen LogP contribution in [0.2, 0.25) is 0 Å². The van der Waals surface area contributed by atoms with Crippen molar-refractivity contribution in [3.63, 3.8) is 0 Å². The van der Waals surface area contributed by atoms with Gasteiger partial charge in [0, 0.05) is 17.0 Å². The van der Waals surface area contributed by atoms with Crippen molar-refractivity contribution < 1.29 is 8.42 Å². The lowest BCUT2D eigenvalue weighted by Gasteiger charge is -2.05. The molecule has 0 aliphatic heterocycles. The Labute approximate surface area is 99.5 Å². The molecule has 4 nitrogen and oxygen atoms in total. The van der Waals surface area contributed by atoms with E-state index in [0.717, 1.165) is 23.9 Å². The first kappa shape index (κ1) is 10.7. The van der Waals surface area contributed by atoms with Crippen molar-refractivity contribution in [1.82, 2.24) is 4.98 Å². The van der Waals surface area contributed by atoms with E-state index < -0.39 is 10.0 Å². The number of rotatable bonds is 2. The molecule has 1 saturated carbocycles. The molecule has 0 bridgehead atoms. The van der Waals surface area contributed by atoms with E-state index in [1.807, 2.05) is 18.2 Å². The Morgan fingerprint density at radius 1 is 1.18 bits per heavy atom. The van der Waals surface area contributed by atoms with Gasteiger partial charge >= 0.3 is 0 Å². The summed E-state index contributed by atoms with van der Waals surface area (Å²) in [5.74, 6) is 0.493. The molecule has 1 fully saturated rings. The van der Waals surface area contributed by atoms with Crippen molar-refractivity contribution in [2.75, 3.05) is 0 Å². The minimum atomic E-state index is -3.71. The summed E-state index contributed by atoms with van der Waals surface area (Å²) >= 11 is 0. The molecule has 0 unspecified atom stereocenters. The van der Waals surface area contributed by atoms with Crippen molar-refractivity contribution in [1.29, 1.82) is 0 Å². The Kier molecular flexibility index (Phi) is 2.21. The lowest BCUT2D eigenvalue weighted by atomic mass is 10.1. The third kappa shape index (κ3) is 1.92. The predicted molar refractivity (Wildman–Crippen MR) is 65.1 cm³/mol. The highest BCUT2D eigenvalue weighted by molar-refractivity contribution is 7.89.